The summed E-state index contributed by atoms with van der Waals surface area (Å²) in [5.74, 6) is 0. The lowest BCUT2D eigenvalue weighted by Crippen LogP contribution is -2.20. The van der Waals surface area contributed by atoms with Crippen LogP contribution in [0, 0.1) is 0 Å². The SMILES string of the molecule is O=c1c2c(ccc3c4ccccc4n(-c4cccc5c4sc4ccccc45)c32)c2cc3c4ccccc4n(-c4ccccc4)c3cc2n1-c1ccccc1. The van der Waals surface area contributed by atoms with Gasteiger partial charge in [-0.3, -0.25) is 9.36 Å². The number of benzene rings is 8. The van der Waals surface area contributed by atoms with Crippen molar-refractivity contribution < 1.29 is 0 Å². The second-order valence-corrected chi connectivity index (χ2v) is 15.1. The van der Waals surface area contributed by atoms with Crippen molar-refractivity contribution in [2.45, 2.75) is 0 Å². The Morgan fingerprint density at radius 3 is 1.69 bits per heavy atom. The van der Waals surface area contributed by atoms with E-state index in [1.54, 1.807) is 0 Å². The van der Waals surface area contributed by atoms with E-state index in [-0.39, 0.29) is 5.56 Å². The molecule has 4 heterocycles. The average Bonchev–Trinajstić information content (AvgIpc) is 3.88. The first-order valence-corrected chi connectivity index (χ1v) is 19.1. The fourth-order valence-corrected chi connectivity index (χ4v) is 10.2. The van der Waals surface area contributed by atoms with Gasteiger partial charge in [0.15, 0.2) is 0 Å². The molecule has 12 aromatic rings. The van der Waals surface area contributed by atoms with Gasteiger partial charge in [0.25, 0.3) is 5.56 Å². The minimum Gasteiger partial charge on any atom is -0.309 e. The molecular formula is C49H29N3OS. The molecule has 0 aliphatic heterocycles. The molecule has 12 rings (SSSR count). The Kier molecular flexibility index (Phi) is 6.05. The first-order chi connectivity index (χ1) is 26.7. The first kappa shape index (κ1) is 29.6. The van der Waals surface area contributed by atoms with Crippen molar-refractivity contribution in [2.75, 3.05) is 0 Å². The lowest BCUT2D eigenvalue weighted by atomic mass is 10.00. The van der Waals surface area contributed by atoms with E-state index in [0.717, 1.165) is 71.6 Å². The molecule has 4 aromatic heterocycles. The molecule has 0 saturated carbocycles. The Labute approximate surface area is 312 Å². The van der Waals surface area contributed by atoms with Crippen LogP contribution >= 0.6 is 11.3 Å². The summed E-state index contributed by atoms with van der Waals surface area (Å²) < 4.78 is 9.07. The summed E-state index contributed by atoms with van der Waals surface area (Å²) >= 11 is 1.81. The zero-order chi connectivity index (χ0) is 35.5. The highest BCUT2D eigenvalue weighted by Gasteiger charge is 2.24. The van der Waals surface area contributed by atoms with Gasteiger partial charge in [-0.15, -0.1) is 11.3 Å². The maximum Gasteiger partial charge on any atom is 0.265 e. The molecule has 0 unspecified atom stereocenters. The van der Waals surface area contributed by atoms with Gasteiger partial charge in [0.05, 0.1) is 43.4 Å². The van der Waals surface area contributed by atoms with Crippen LogP contribution in [0.15, 0.2) is 181 Å². The predicted molar refractivity (Wildman–Crippen MR) is 229 cm³/mol. The van der Waals surface area contributed by atoms with Gasteiger partial charge in [-0.05, 0) is 66.0 Å². The van der Waals surface area contributed by atoms with E-state index < -0.39 is 0 Å². The van der Waals surface area contributed by atoms with Crippen LogP contribution < -0.4 is 5.56 Å². The molecule has 252 valence electrons. The molecular weight excluding hydrogens is 679 g/mol. The van der Waals surface area contributed by atoms with Gasteiger partial charge >= 0.3 is 0 Å². The molecule has 0 radical (unpaired) electrons. The summed E-state index contributed by atoms with van der Waals surface area (Å²) in [4.78, 5) is 15.6. The second-order valence-electron chi connectivity index (χ2n) is 14.0. The average molecular weight is 708 g/mol. The van der Waals surface area contributed by atoms with E-state index in [4.69, 9.17) is 0 Å². The molecule has 8 aromatic carbocycles. The standard InChI is InChI=1S/C49H29N3OS/c53-49-46-35(26-27-36-32-18-7-11-23-41(32)52(47(36)46)42-24-13-21-37-34-20-9-12-25-45(34)54-48(37)42)39-28-38-33-19-8-10-22-40(33)50(30-14-3-1-4-15-30)43(38)29-44(39)51(49)31-16-5-2-6-17-31/h1-29H. The molecule has 54 heavy (non-hydrogen) atoms. The smallest absolute Gasteiger partial charge is 0.265 e. The monoisotopic (exact) mass is 707 g/mol. The summed E-state index contributed by atoms with van der Waals surface area (Å²) in [5.41, 5.74) is 8.04. The minimum absolute atomic E-state index is 0.0383. The maximum atomic E-state index is 15.6. The summed E-state index contributed by atoms with van der Waals surface area (Å²) in [5, 5.41) is 9.69. The molecule has 0 spiro atoms. The highest BCUT2D eigenvalue weighted by Crippen LogP contribution is 2.44. The van der Waals surface area contributed by atoms with Gasteiger partial charge in [0, 0.05) is 53.8 Å². The number of rotatable bonds is 3. The number of para-hydroxylation sites is 4. The molecule has 5 heteroatoms. The Bertz CT molecular complexity index is 3570. The third kappa shape index (κ3) is 3.93. The molecule has 0 bridgehead atoms. The second kappa shape index (κ2) is 11.0. The van der Waals surface area contributed by atoms with Crippen LogP contribution in [0.4, 0.5) is 0 Å². The Hall–Kier alpha value is -6.95. The summed E-state index contributed by atoms with van der Waals surface area (Å²) in [6.45, 7) is 0. The zero-order valence-corrected chi connectivity index (χ0v) is 29.7. The summed E-state index contributed by atoms with van der Waals surface area (Å²) in [7, 11) is 0. The first-order valence-electron chi connectivity index (χ1n) is 18.2. The van der Waals surface area contributed by atoms with Crippen molar-refractivity contribution in [2.24, 2.45) is 0 Å². The predicted octanol–water partition coefficient (Wildman–Crippen LogP) is 12.7. The summed E-state index contributed by atoms with van der Waals surface area (Å²) in [6.07, 6.45) is 0. The van der Waals surface area contributed by atoms with Gasteiger partial charge in [0.2, 0.25) is 0 Å². The Morgan fingerprint density at radius 2 is 0.926 bits per heavy atom. The highest BCUT2D eigenvalue weighted by molar-refractivity contribution is 7.26. The quantitative estimate of drug-likeness (QED) is 0.168. The van der Waals surface area contributed by atoms with Crippen molar-refractivity contribution in [3.63, 3.8) is 0 Å². The van der Waals surface area contributed by atoms with Gasteiger partial charge in [-0.1, -0.05) is 115 Å². The zero-order valence-electron chi connectivity index (χ0n) is 28.9. The molecule has 0 aliphatic rings. The van der Waals surface area contributed by atoms with Crippen molar-refractivity contribution in [3.8, 4) is 17.1 Å². The van der Waals surface area contributed by atoms with Crippen LogP contribution in [0.3, 0.4) is 0 Å². The normalized spacial score (nSPS) is 12.1. The van der Waals surface area contributed by atoms with E-state index >= 15 is 4.79 Å². The third-order valence-electron chi connectivity index (χ3n) is 11.2. The van der Waals surface area contributed by atoms with Crippen LogP contribution in [0.5, 0.6) is 0 Å². The Balaban J connectivity index is 1.31. The van der Waals surface area contributed by atoms with Crippen LogP contribution in [0.1, 0.15) is 0 Å². The molecule has 4 nitrogen and oxygen atoms in total. The van der Waals surface area contributed by atoms with Gasteiger partial charge < -0.3 is 9.13 Å². The number of thiophene rings is 1. The van der Waals surface area contributed by atoms with E-state index in [2.05, 4.69) is 149 Å². The fourth-order valence-electron chi connectivity index (χ4n) is 8.97. The van der Waals surface area contributed by atoms with Crippen LogP contribution in [0.25, 0.3) is 103 Å². The number of pyridine rings is 1. The van der Waals surface area contributed by atoms with Gasteiger partial charge in [0.1, 0.15) is 0 Å². The molecule has 0 aliphatic carbocycles. The minimum atomic E-state index is -0.0383. The van der Waals surface area contributed by atoms with Crippen molar-refractivity contribution in [1.82, 2.24) is 13.7 Å². The third-order valence-corrected chi connectivity index (χ3v) is 12.4. The Morgan fingerprint density at radius 1 is 0.370 bits per heavy atom. The van der Waals surface area contributed by atoms with Crippen molar-refractivity contribution in [1.29, 1.82) is 0 Å². The largest absolute Gasteiger partial charge is 0.309 e. The molecule has 0 saturated heterocycles. The van der Waals surface area contributed by atoms with E-state index in [0.29, 0.717) is 5.39 Å². The van der Waals surface area contributed by atoms with Gasteiger partial charge in [-0.25, -0.2) is 0 Å². The highest BCUT2D eigenvalue weighted by atomic mass is 32.1. The molecule has 0 atom stereocenters. The van der Waals surface area contributed by atoms with Crippen LogP contribution in [-0.2, 0) is 0 Å². The van der Waals surface area contributed by atoms with E-state index in [9.17, 15) is 0 Å². The van der Waals surface area contributed by atoms with E-state index in [1.807, 2.05) is 52.3 Å². The summed E-state index contributed by atoms with van der Waals surface area (Å²) in [6, 6.07) is 61.9. The topological polar surface area (TPSA) is 31.9 Å². The molecule has 0 amide bonds. The number of hydrogen-bond acceptors (Lipinski definition) is 2. The molecule has 0 N–H and O–H groups in total. The lowest BCUT2D eigenvalue weighted by molar-refractivity contribution is 1.06. The maximum absolute atomic E-state index is 15.6. The van der Waals surface area contributed by atoms with Gasteiger partial charge in [-0.2, -0.15) is 0 Å². The van der Waals surface area contributed by atoms with Crippen molar-refractivity contribution in [3.05, 3.63) is 186 Å². The van der Waals surface area contributed by atoms with Crippen LogP contribution in [-0.4, -0.2) is 13.7 Å². The fraction of sp³-hybridized carbons (Fsp3) is 0. The number of aromatic nitrogens is 3. The molecule has 0 fully saturated rings. The lowest BCUT2D eigenvalue weighted by Gasteiger charge is -2.17. The number of fused-ring (bicyclic) bond motifs is 13. The van der Waals surface area contributed by atoms with Crippen LogP contribution in [0.2, 0.25) is 0 Å². The number of nitrogens with zero attached hydrogens (tertiary/aromatic N) is 3. The van der Waals surface area contributed by atoms with Crippen molar-refractivity contribution >= 4 is 96.8 Å². The van der Waals surface area contributed by atoms with E-state index in [1.165, 1.54) is 25.6 Å². The number of hydrogen-bond donors (Lipinski definition) is 0.